The molecule has 0 spiro atoms. The Kier molecular flexibility index (Phi) is 4.93. The van der Waals surface area contributed by atoms with Gasteiger partial charge in [0.25, 0.3) is 5.91 Å². The van der Waals surface area contributed by atoms with E-state index in [2.05, 4.69) is 26.3 Å². The van der Waals surface area contributed by atoms with Gasteiger partial charge in [0, 0.05) is 47.0 Å². The third-order valence-corrected chi connectivity index (χ3v) is 6.66. The van der Waals surface area contributed by atoms with Crippen molar-refractivity contribution in [2.45, 2.75) is 38.9 Å². The van der Waals surface area contributed by atoms with E-state index in [0.717, 1.165) is 24.5 Å². The van der Waals surface area contributed by atoms with Gasteiger partial charge in [0.05, 0.1) is 30.0 Å². The first-order chi connectivity index (χ1) is 15.1. The van der Waals surface area contributed by atoms with E-state index in [1.165, 1.54) is 29.1 Å². The zero-order valence-corrected chi connectivity index (χ0v) is 18.1. The molecular weight excluding hydrogens is 410 g/mol. The van der Waals surface area contributed by atoms with Crippen LogP contribution in [-0.4, -0.2) is 33.9 Å². The van der Waals surface area contributed by atoms with Gasteiger partial charge in [-0.05, 0) is 44.0 Å². The summed E-state index contributed by atoms with van der Waals surface area (Å²) in [5.74, 6) is 0.311. The van der Waals surface area contributed by atoms with Crippen molar-refractivity contribution in [1.82, 2.24) is 14.9 Å². The maximum atomic E-state index is 13.2. The van der Waals surface area contributed by atoms with E-state index in [9.17, 15) is 10.1 Å². The number of amides is 1. The highest BCUT2D eigenvalue weighted by molar-refractivity contribution is 7.15. The molecule has 1 fully saturated rings. The maximum absolute atomic E-state index is 13.2. The van der Waals surface area contributed by atoms with Gasteiger partial charge >= 0.3 is 0 Å². The maximum Gasteiger partial charge on any atom is 0.259 e. The second-order valence-corrected chi connectivity index (χ2v) is 8.96. The number of aryl methyl sites for hydroxylation is 1. The van der Waals surface area contributed by atoms with E-state index in [1.807, 2.05) is 13.0 Å². The fraction of sp³-hybridized carbons (Fsp3) is 0.304. The lowest BCUT2D eigenvalue weighted by Gasteiger charge is -2.14. The van der Waals surface area contributed by atoms with Gasteiger partial charge in [0.2, 0.25) is 0 Å². The number of ether oxygens (including phenoxy) is 1. The molecule has 3 aromatic rings. The number of carbonyl (C=O) groups excluding carboxylic acids is 1. The molecule has 1 amide bonds. The van der Waals surface area contributed by atoms with Crippen molar-refractivity contribution in [3.8, 4) is 22.9 Å². The largest absolute Gasteiger partial charge is 0.496 e. The summed E-state index contributed by atoms with van der Waals surface area (Å²) >= 11 is 1.54. The number of anilines is 1. The number of thiazole rings is 1. The highest BCUT2D eigenvalue weighted by Gasteiger charge is 2.35. The SMILES string of the molecule is COc1ccc(C#N)cc1-c1cc(C)ncc1C(=O)Nc1nc2c(s1)CN(C1CC1)C2. The molecule has 31 heavy (non-hydrogen) atoms. The fourth-order valence-corrected chi connectivity index (χ4v) is 4.92. The van der Waals surface area contributed by atoms with Gasteiger partial charge in [-0.1, -0.05) is 0 Å². The van der Waals surface area contributed by atoms with Crippen LogP contribution in [-0.2, 0) is 13.1 Å². The molecule has 7 nitrogen and oxygen atoms in total. The second-order valence-electron chi connectivity index (χ2n) is 7.88. The Morgan fingerprint density at radius 1 is 1.29 bits per heavy atom. The molecule has 1 N–H and O–H groups in total. The van der Waals surface area contributed by atoms with Gasteiger partial charge < -0.3 is 4.74 Å². The van der Waals surface area contributed by atoms with Crippen LogP contribution in [0, 0.1) is 18.3 Å². The third kappa shape index (κ3) is 3.78. The second kappa shape index (κ2) is 7.76. The monoisotopic (exact) mass is 431 g/mol. The van der Waals surface area contributed by atoms with Crippen LogP contribution in [0.15, 0.2) is 30.5 Å². The predicted molar refractivity (Wildman–Crippen MR) is 118 cm³/mol. The van der Waals surface area contributed by atoms with Crippen LogP contribution >= 0.6 is 11.3 Å². The smallest absolute Gasteiger partial charge is 0.259 e. The summed E-state index contributed by atoms with van der Waals surface area (Å²) in [6, 6.07) is 9.85. The Morgan fingerprint density at radius 3 is 2.84 bits per heavy atom. The minimum Gasteiger partial charge on any atom is -0.496 e. The summed E-state index contributed by atoms with van der Waals surface area (Å²) in [5.41, 5.74) is 4.09. The van der Waals surface area contributed by atoms with Gasteiger partial charge in [0.15, 0.2) is 5.13 Å². The van der Waals surface area contributed by atoms with Crippen molar-refractivity contribution in [3.63, 3.8) is 0 Å². The number of hydrogen-bond donors (Lipinski definition) is 1. The van der Waals surface area contributed by atoms with Crippen molar-refractivity contribution < 1.29 is 9.53 Å². The summed E-state index contributed by atoms with van der Waals surface area (Å²) in [7, 11) is 1.57. The molecule has 0 saturated heterocycles. The van der Waals surface area contributed by atoms with Crippen LogP contribution in [0.25, 0.3) is 11.1 Å². The molecule has 1 aliphatic carbocycles. The summed E-state index contributed by atoms with van der Waals surface area (Å²) in [4.78, 5) is 25.8. The van der Waals surface area contributed by atoms with E-state index in [1.54, 1.807) is 31.5 Å². The van der Waals surface area contributed by atoms with Crippen molar-refractivity contribution in [1.29, 1.82) is 5.26 Å². The average Bonchev–Trinajstić information content (AvgIpc) is 3.45. The van der Waals surface area contributed by atoms with Crippen LogP contribution in [0.2, 0.25) is 0 Å². The van der Waals surface area contributed by atoms with Crippen molar-refractivity contribution in [2.24, 2.45) is 0 Å². The number of pyridine rings is 1. The molecule has 2 aliphatic rings. The Labute approximate surface area is 184 Å². The van der Waals surface area contributed by atoms with Crippen molar-refractivity contribution >= 4 is 22.4 Å². The van der Waals surface area contributed by atoms with Gasteiger partial charge in [-0.15, -0.1) is 11.3 Å². The van der Waals surface area contributed by atoms with E-state index < -0.39 is 0 Å². The summed E-state index contributed by atoms with van der Waals surface area (Å²) in [6.45, 7) is 3.65. The number of hydrogen-bond acceptors (Lipinski definition) is 7. The molecular formula is C23H21N5O2S. The zero-order valence-electron chi connectivity index (χ0n) is 17.3. The van der Waals surface area contributed by atoms with Gasteiger partial charge in [-0.25, -0.2) is 4.98 Å². The number of aromatic nitrogens is 2. The molecule has 0 unspecified atom stereocenters. The zero-order chi connectivity index (χ0) is 21.5. The van der Waals surface area contributed by atoms with E-state index in [-0.39, 0.29) is 5.91 Å². The van der Waals surface area contributed by atoms with Crippen LogP contribution in [0.5, 0.6) is 5.75 Å². The molecule has 1 saturated carbocycles. The number of nitrogens with zero attached hydrogens (tertiary/aromatic N) is 4. The third-order valence-electron chi connectivity index (χ3n) is 5.67. The van der Waals surface area contributed by atoms with Crippen LogP contribution in [0.1, 0.15) is 45.0 Å². The lowest BCUT2D eigenvalue weighted by molar-refractivity contribution is 0.102. The van der Waals surface area contributed by atoms with Crippen molar-refractivity contribution in [3.05, 3.63) is 57.9 Å². The molecule has 2 aromatic heterocycles. The summed E-state index contributed by atoms with van der Waals surface area (Å²) < 4.78 is 5.49. The number of nitrogens with one attached hydrogen (secondary N) is 1. The number of rotatable bonds is 5. The minimum absolute atomic E-state index is 0.279. The highest BCUT2D eigenvalue weighted by Crippen LogP contribution is 2.38. The number of benzene rings is 1. The Morgan fingerprint density at radius 2 is 2.13 bits per heavy atom. The van der Waals surface area contributed by atoms with Gasteiger partial charge in [0.1, 0.15) is 5.75 Å². The molecule has 1 aliphatic heterocycles. The summed E-state index contributed by atoms with van der Waals surface area (Å²) in [5, 5.41) is 12.9. The molecule has 1 aromatic carbocycles. The number of fused-ring (bicyclic) bond motifs is 1. The van der Waals surface area contributed by atoms with Crippen LogP contribution in [0.3, 0.4) is 0 Å². The molecule has 0 bridgehead atoms. The number of carbonyl (C=O) groups is 1. The Hall–Kier alpha value is -3.28. The van der Waals surface area contributed by atoms with E-state index >= 15 is 0 Å². The fourth-order valence-electron chi connectivity index (χ4n) is 3.93. The van der Waals surface area contributed by atoms with Crippen LogP contribution < -0.4 is 10.1 Å². The molecule has 0 radical (unpaired) electrons. The first-order valence-electron chi connectivity index (χ1n) is 10.1. The normalized spacial score (nSPS) is 15.4. The standard InChI is InChI=1S/C23H21N5O2S/c1-13-7-16(17-8-14(9-24)3-6-20(17)30-2)18(10-25-13)22(29)27-23-26-19-11-28(15-4-5-15)12-21(19)31-23/h3,6-8,10,15H,4-5,11-12H2,1-2H3,(H,26,27,29). The van der Waals surface area contributed by atoms with E-state index in [4.69, 9.17) is 4.74 Å². The molecule has 8 heteroatoms. The summed E-state index contributed by atoms with van der Waals surface area (Å²) in [6.07, 6.45) is 4.12. The number of methoxy groups -OCH3 is 1. The first-order valence-corrected chi connectivity index (χ1v) is 11.0. The lowest BCUT2D eigenvalue weighted by Crippen LogP contribution is -2.19. The highest BCUT2D eigenvalue weighted by atomic mass is 32.1. The van der Waals surface area contributed by atoms with Crippen LogP contribution in [0.4, 0.5) is 5.13 Å². The molecule has 0 atom stereocenters. The predicted octanol–water partition coefficient (Wildman–Crippen LogP) is 4.12. The van der Waals surface area contributed by atoms with E-state index in [0.29, 0.717) is 39.2 Å². The number of nitriles is 1. The Bertz CT molecular complexity index is 1200. The minimum atomic E-state index is -0.279. The quantitative estimate of drug-likeness (QED) is 0.653. The average molecular weight is 432 g/mol. The molecule has 5 rings (SSSR count). The topological polar surface area (TPSA) is 91.1 Å². The lowest BCUT2D eigenvalue weighted by atomic mass is 9.97. The first kappa shape index (κ1) is 19.7. The Balaban J connectivity index is 1.45. The van der Waals surface area contributed by atoms with Crippen molar-refractivity contribution in [2.75, 3.05) is 12.4 Å². The van der Waals surface area contributed by atoms with Gasteiger partial charge in [-0.2, -0.15) is 5.26 Å². The molecule has 3 heterocycles. The molecule has 156 valence electrons. The van der Waals surface area contributed by atoms with Gasteiger partial charge in [-0.3, -0.25) is 20.0 Å².